The molecule has 5 heteroatoms. The van der Waals surface area contributed by atoms with Crippen molar-refractivity contribution in [1.29, 1.82) is 0 Å². The summed E-state index contributed by atoms with van der Waals surface area (Å²) in [6, 6.07) is 0.129. The van der Waals surface area contributed by atoms with Crippen molar-refractivity contribution < 1.29 is 19.4 Å². The number of rotatable bonds is 5. The summed E-state index contributed by atoms with van der Waals surface area (Å²) >= 11 is 0. The van der Waals surface area contributed by atoms with E-state index in [1.807, 2.05) is 13.8 Å². The maximum atomic E-state index is 11.7. The second-order valence-electron chi connectivity index (χ2n) is 5.70. The normalized spacial score (nSPS) is 23.2. The zero-order chi connectivity index (χ0) is 14.4. The minimum absolute atomic E-state index is 0.129. The number of hydrogen-bond acceptors (Lipinski definition) is 3. The zero-order valence-corrected chi connectivity index (χ0v) is 12.1. The Balaban J connectivity index is 2.42. The van der Waals surface area contributed by atoms with E-state index in [1.54, 1.807) is 4.90 Å². The van der Waals surface area contributed by atoms with Crippen LogP contribution in [0.1, 0.15) is 46.0 Å². The molecule has 0 spiro atoms. The van der Waals surface area contributed by atoms with Gasteiger partial charge in [0.1, 0.15) is 0 Å². The van der Waals surface area contributed by atoms with Crippen LogP contribution in [0.2, 0.25) is 0 Å². The van der Waals surface area contributed by atoms with E-state index in [-0.39, 0.29) is 18.6 Å². The van der Waals surface area contributed by atoms with Crippen molar-refractivity contribution >= 4 is 12.1 Å². The molecule has 0 atom stereocenters. The van der Waals surface area contributed by atoms with Gasteiger partial charge in [-0.2, -0.15) is 0 Å². The number of carbonyl (C=O) groups excluding carboxylic acids is 1. The van der Waals surface area contributed by atoms with E-state index in [1.165, 1.54) is 7.11 Å². The van der Waals surface area contributed by atoms with E-state index in [0.717, 1.165) is 25.7 Å². The fraction of sp³-hybridized carbons (Fsp3) is 0.857. The largest absolute Gasteiger partial charge is 0.481 e. The molecule has 0 radical (unpaired) electrons. The Morgan fingerprint density at radius 3 is 2.16 bits per heavy atom. The van der Waals surface area contributed by atoms with E-state index in [2.05, 4.69) is 0 Å². The average molecular weight is 271 g/mol. The molecular formula is C14H25NO4. The van der Waals surface area contributed by atoms with Crippen molar-refractivity contribution in [3.05, 3.63) is 0 Å². The summed E-state index contributed by atoms with van der Waals surface area (Å²) in [6.45, 7) is 4.67. The van der Waals surface area contributed by atoms with Gasteiger partial charge in [-0.1, -0.05) is 0 Å². The molecule has 0 aromatic carbocycles. The van der Waals surface area contributed by atoms with Crippen LogP contribution in [-0.4, -0.2) is 41.8 Å². The van der Waals surface area contributed by atoms with E-state index >= 15 is 0 Å². The Hall–Kier alpha value is -1.26. The molecule has 1 amide bonds. The van der Waals surface area contributed by atoms with Crippen molar-refractivity contribution in [1.82, 2.24) is 4.90 Å². The lowest BCUT2D eigenvalue weighted by molar-refractivity contribution is -0.138. The highest BCUT2D eigenvalue weighted by molar-refractivity contribution is 5.67. The second-order valence-corrected chi connectivity index (χ2v) is 5.70. The molecule has 0 bridgehead atoms. The highest BCUT2D eigenvalue weighted by Crippen LogP contribution is 2.31. The smallest absolute Gasteiger partial charge is 0.409 e. The van der Waals surface area contributed by atoms with Crippen LogP contribution in [-0.2, 0) is 9.53 Å². The first kappa shape index (κ1) is 15.8. The molecule has 0 aromatic rings. The molecular weight excluding hydrogens is 246 g/mol. The molecule has 1 fully saturated rings. The maximum absolute atomic E-state index is 11.7. The fourth-order valence-corrected chi connectivity index (χ4v) is 2.76. The van der Waals surface area contributed by atoms with E-state index in [0.29, 0.717) is 18.4 Å². The van der Waals surface area contributed by atoms with Crippen molar-refractivity contribution in [2.24, 2.45) is 11.8 Å². The third kappa shape index (κ3) is 5.09. The number of carbonyl (C=O) groups is 2. The van der Waals surface area contributed by atoms with Gasteiger partial charge in [-0.05, 0) is 51.4 Å². The Bertz CT molecular complexity index is 309. The SMILES string of the molecule is COC(=O)N(CC1CCC(CC(=O)O)CC1)C(C)C. The third-order valence-electron chi connectivity index (χ3n) is 3.92. The lowest BCUT2D eigenvalue weighted by Crippen LogP contribution is -2.41. The van der Waals surface area contributed by atoms with Gasteiger partial charge in [-0.15, -0.1) is 0 Å². The van der Waals surface area contributed by atoms with Crippen LogP contribution in [0.4, 0.5) is 4.79 Å². The Labute approximate surface area is 114 Å². The summed E-state index contributed by atoms with van der Waals surface area (Å²) in [5.74, 6) is 0.0627. The molecule has 1 saturated carbocycles. The van der Waals surface area contributed by atoms with Gasteiger partial charge in [0.15, 0.2) is 0 Å². The summed E-state index contributed by atoms with van der Waals surface area (Å²) in [5, 5.41) is 8.79. The molecule has 0 saturated heterocycles. The Morgan fingerprint density at radius 1 is 1.21 bits per heavy atom. The van der Waals surface area contributed by atoms with Gasteiger partial charge in [0.05, 0.1) is 7.11 Å². The number of nitrogens with zero attached hydrogens (tertiary/aromatic N) is 1. The quantitative estimate of drug-likeness (QED) is 0.835. The summed E-state index contributed by atoms with van der Waals surface area (Å²) in [6.07, 6.45) is 3.89. The van der Waals surface area contributed by atoms with Crippen LogP contribution in [0, 0.1) is 11.8 Å². The lowest BCUT2D eigenvalue weighted by atomic mass is 9.80. The van der Waals surface area contributed by atoms with E-state index in [4.69, 9.17) is 9.84 Å². The van der Waals surface area contributed by atoms with Crippen molar-refractivity contribution in [2.75, 3.05) is 13.7 Å². The van der Waals surface area contributed by atoms with Gasteiger partial charge in [-0.25, -0.2) is 4.79 Å². The first-order chi connectivity index (χ1) is 8.93. The maximum Gasteiger partial charge on any atom is 0.409 e. The van der Waals surface area contributed by atoms with Crippen LogP contribution in [0.3, 0.4) is 0 Å². The molecule has 5 nitrogen and oxygen atoms in total. The molecule has 0 aromatic heterocycles. The standard InChI is InChI=1S/C14H25NO4/c1-10(2)15(14(18)19-3)9-12-6-4-11(5-7-12)8-13(16)17/h10-12H,4-9H2,1-3H3,(H,16,17). The average Bonchev–Trinajstić information content (AvgIpc) is 2.36. The van der Waals surface area contributed by atoms with Crippen LogP contribution in [0.5, 0.6) is 0 Å². The van der Waals surface area contributed by atoms with E-state index in [9.17, 15) is 9.59 Å². The van der Waals surface area contributed by atoms with Gasteiger partial charge in [0.25, 0.3) is 0 Å². The van der Waals surface area contributed by atoms with Crippen molar-refractivity contribution in [3.8, 4) is 0 Å². The predicted molar refractivity (Wildman–Crippen MR) is 71.9 cm³/mol. The topological polar surface area (TPSA) is 66.8 Å². The van der Waals surface area contributed by atoms with Gasteiger partial charge >= 0.3 is 12.1 Å². The number of hydrogen-bond donors (Lipinski definition) is 1. The van der Waals surface area contributed by atoms with Crippen LogP contribution >= 0.6 is 0 Å². The van der Waals surface area contributed by atoms with Gasteiger partial charge < -0.3 is 14.7 Å². The Kier molecular flexibility index (Phi) is 6.12. The highest BCUT2D eigenvalue weighted by atomic mass is 16.5. The monoisotopic (exact) mass is 271 g/mol. The van der Waals surface area contributed by atoms with Gasteiger partial charge in [-0.3, -0.25) is 4.79 Å². The summed E-state index contributed by atoms with van der Waals surface area (Å²) < 4.78 is 4.80. The number of methoxy groups -OCH3 is 1. The summed E-state index contributed by atoms with van der Waals surface area (Å²) in [7, 11) is 1.40. The second kappa shape index (κ2) is 7.36. The zero-order valence-electron chi connectivity index (χ0n) is 12.1. The summed E-state index contributed by atoms with van der Waals surface area (Å²) in [5.41, 5.74) is 0. The van der Waals surface area contributed by atoms with E-state index < -0.39 is 5.97 Å². The molecule has 1 aliphatic carbocycles. The molecule has 0 unspecified atom stereocenters. The van der Waals surface area contributed by atoms with Gasteiger partial charge in [0.2, 0.25) is 0 Å². The first-order valence-corrected chi connectivity index (χ1v) is 7.00. The molecule has 1 rings (SSSR count). The van der Waals surface area contributed by atoms with Crippen LogP contribution in [0.15, 0.2) is 0 Å². The molecule has 110 valence electrons. The first-order valence-electron chi connectivity index (χ1n) is 7.00. The molecule has 0 aliphatic heterocycles. The molecule has 1 N–H and O–H groups in total. The molecule has 0 heterocycles. The summed E-state index contributed by atoms with van der Waals surface area (Å²) in [4.78, 5) is 24.1. The molecule has 1 aliphatic rings. The lowest BCUT2D eigenvalue weighted by Gasteiger charge is -2.33. The van der Waals surface area contributed by atoms with Crippen molar-refractivity contribution in [2.45, 2.75) is 52.0 Å². The van der Waals surface area contributed by atoms with Crippen LogP contribution < -0.4 is 0 Å². The number of aliphatic carboxylic acids is 1. The van der Waals surface area contributed by atoms with Gasteiger partial charge in [0, 0.05) is 19.0 Å². The minimum atomic E-state index is -0.707. The highest BCUT2D eigenvalue weighted by Gasteiger charge is 2.27. The number of ether oxygens (including phenoxy) is 1. The number of amides is 1. The number of carboxylic acids is 1. The molecule has 19 heavy (non-hydrogen) atoms. The number of carboxylic acid groups (broad SMARTS) is 1. The van der Waals surface area contributed by atoms with Crippen molar-refractivity contribution in [3.63, 3.8) is 0 Å². The predicted octanol–water partition coefficient (Wildman–Crippen LogP) is 2.74. The minimum Gasteiger partial charge on any atom is -0.481 e. The Morgan fingerprint density at radius 2 is 1.74 bits per heavy atom. The van der Waals surface area contributed by atoms with Crippen LogP contribution in [0.25, 0.3) is 0 Å². The fourth-order valence-electron chi connectivity index (χ4n) is 2.76. The third-order valence-corrected chi connectivity index (χ3v) is 3.92.